The van der Waals surface area contributed by atoms with Crippen LogP contribution in [0.2, 0.25) is 13.1 Å². The number of hydrogen-bond acceptors (Lipinski definition) is 4. The molecular weight excluding hydrogens is 241 g/mol. The second-order valence-electron chi connectivity index (χ2n) is 4.87. The summed E-state index contributed by atoms with van der Waals surface area (Å²) >= 11 is 0. The smallest absolute Gasteiger partial charge is 0.446 e. The predicted octanol–water partition coefficient (Wildman–Crippen LogP) is -1.83. The van der Waals surface area contributed by atoms with Crippen LogP contribution in [0.1, 0.15) is 5.56 Å². The third-order valence-electron chi connectivity index (χ3n) is 3.36. The molecule has 17 heavy (non-hydrogen) atoms. The Labute approximate surface area is 99.8 Å². The molecule has 2 aliphatic heterocycles. The van der Waals surface area contributed by atoms with Gasteiger partial charge in [-0.15, -0.1) is 0 Å². The van der Waals surface area contributed by atoms with Crippen molar-refractivity contribution in [3.05, 3.63) is 17.4 Å². The van der Waals surface area contributed by atoms with Crippen LogP contribution in [0.3, 0.4) is 0 Å². The molecule has 0 saturated heterocycles. The van der Waals surface area contributed by atoms with E-state index in [2.05, 4.69) is 0 Å². The van der Waals surface area contributed by atoms with Gasteiger partial charge in [-0.25, -0.2) is 4.39 Å². The van der Waals surface area contributed by atoms with Crippen LogP contribution in [0.25, 0.3) is 0 Å². The minimum atomic E-state index is -2.40. The van der Waals surface area contributed by atoms with Gasteiger partial charge >= 0.3 is 14.2 Å². The Morgan fingerprint density at radius 2 is 2.00 bits per heavy atom. The van der Waals surface area contributed by atoms with Crippen molar-refractivity contribution in [3.63, 3.8) is 0 Å². The summed E-state index contributed by atoms with van der Waals surface area (Å²) in [6.45, 7) is 3.74. The lowest BCUT2D eigenvalue weighted by Crippen LogP contribution is -2.48. The van der Waals surface area contributed by atoms with Crippen LogP contribution in [0, 0.1) is 5.82 Å². The van der Waals surface area contributed by atoms with Crippen molar-refractivity contribution in [1.29, 1.82) is 0 Å². The molecule has 0 saturated carbocycles. The zero-order valence-electron chi connectivity index (χ0n) is 9.53. The topological polar surface area (TPSA) is 58.9 Å². The average Bonchev–Trinajstić information content (AvgIpc) is 2.69. The van der Waals surface area contributed by atoms with E-state index < -0.39 is 22.6 Å². The molecule has 0 atom stereocenters. The summed E-state index contributed by atoms with van der Waals surface area (Å²) in [7, 11) is -4.60. The van der Waals surface area contributed by atoms with E-state index in [0.717, 1.165) is 0 Å². The molecule has 4 nitrogen and oxygen atoms in total. The molecule has 3 rings (SSSR count). The first-order chi connectivity index (χ1) is 7.92. The van der Waals surface area contributed by atoms with E-state index >= 15 is 0 Å². The summed E-state index contributed by atoms with van der Waals surface area (Å²) < 4.78 is 24.8. The third kappa shape index (κ3) is 1.45. The number of benzene rings is 1. The Kier molecular flexibility index (Phi) is 2.30. The molecule has 0 amide bonds. The highest BCUT2D eigenvalue weighted by molar-refractivity contribution is 6.98. The summed E-state index contributed by atoms with van der Waals surface area (Å²) in [5, 5.41) is 19.8. The average molecular weight is 252 g/mol. The Hall–Kier alpha value is -0.663. The van der Waals surface area contributed by atoms with E-state index in [1.165, 1.54) is 0 Å². The zero-order valence-corrected chi connectivity index (χ0v) is 10.5. The quantitative estimate of drug-likeness (QED) is 0.533. The summed E-state index contributed by atoms with van der Waals surface area (Å²) in [6.07, 6.45) is 0. The van der Waals surface area contributed by atoms with Gasteiger partial charge < -0.3 is 19.0 Å². The van der Waals surface area contributed by atoms with E-state index in [1.54, 1.807) is 6.07 Å². The van der Waals surface area contributed by atoms with Crippen molar-refractivity contribution in [3.8, 4) is 0 Å². The minimum Gasteiger partial charge on any atom is -0.446 e. The lowest BCUT2D eigenvalue weighted by atomic mass is 9.72. The van der Waals surface area contributed by atoms with Gasteiger partial charge in [-0.05, 0) is 24.0 Å². The van der Waals surface area contributed by atoms with Crippen molar-refractivity contribution in [2.75, 3.05) is 0 Å². The molecule has 88 valence electrons. The van der Waals surface area contributed by atoms with Gasteiger partial charge in [0, 0.05) is 10.8 Å². The molecule has 8 heteroatoms. The number of halogens is 1. The van der Waals surface area contributed by atoms with E-state index in [-0.39, 0.29) is 12.4 Å². The molecule has 2 N–H and O–H groups in total. The predicted molar refractivity (Wildman–Crippen MR) is 64.6 cm³/mol. The Morgan fingerprint density at radius 1 is 1.29 bits per heavy atom. The van der Waals surface area contributed by atoms with Crippen molar-refractivity contribution < 1.29 is 23.4 Å². The first kappa shape index (κ1) is 11.4. The maximum absolute atomic E-state index is 14.4. The number of fused-ring (bicyclic) bond motifs is 2. The molecule has 0 bridgehead atoms. The van der Waals surface area contributed by atoms with Crippen LogP contribution < -0.4 is 16.1 Å². The lowest BCUT2D eigenvalue weighted by Gasteiger charge is -2.18. The lowest BCUT2D eigenvalue weighted by molar-refractivity contribution is 0.272. The van der Waals surface area contributed by atoms with Gasteiger partial charge in [0.2, 0.25) is 8.32 Å². The summed E-state index contributed by atoms with van der Waals surface area (Å²) in [6, 6.07) is 1.60. The highest BCUT2D eigenvalue weighted by Gasteiger charge is 2.47. The van der Waals surface area contributed by atoms with Crippen molar-refractivity contribution in [1.82, 2.24) is 0 Å². The van der Waals surface area contributed by atoms with Crippen LogP contribution in [0.5, 0.6) is 0 Å². The number of hydrogen-bond donors (Lipinski definition) is 2. The van der Waals surface area contributed by atoms with Crippen molar-refractivity contribution in [2.45, 2.75) is 19.7 Å². The van der Waals surface area contributed by atoms with Gasteiger partial charge in [0.1, 0.15) is 5.82 Å². The zero-order chi connectivity index (χ0) is 12.4. The Bertz CT molecular complexity index is 510. The molecule has 0 aromatic heterocycles. The van der Waals surface area contributed by atoms with Crippen molar-refractivity contribution in [2.24, 2.45) is 0 Å². The minimum absolute atomic E-state index is 0.0657. The SMILES string of the molecule is C[Si]1(C)OB(O)c2cc3c(c(F)c21)COB3O. The molecule has 0 aliphatic carbocycles. The fraction of sp³-hybridized carbons (Fsp3) is 0.333. The first-order valence-corrected chi connectivity index (χ1v) is 8.34. The van der Waals surface area contributed by atoms with Crippen LogP contribution in [-0.2, 0) is 15.6 Å². The van der Waals surface area contributed by atoms with Gasteiger partial charge in [-0.2, -0.15) is 0 Å². The van der Waals surface area contributed by atoms with Gasteiger partial charge in [-0.1, -0.05) is 6.07 Å². The largest absolute Gasteiger partial charge is 0.491 e. The monoisotopic (exact) mass is 252 g/mol. The second-order valence-corrected chi connectivity index (χ2v) is 8.62. The maximum atomic E-state index is 14.4. The molecule has 2 aliphatic rings. The highest BCUT2D eigenvalue weighted by atomic mass is 28.4. The maximum Gasteiger partial charge on any atom is 0.491 e. The fourth-order valence-corrected chi connectivity index (χ4v) is 4.93. The second kappa shape index (κ2) is 3.43. The van der Waals surface area contributed by atoms with E-state index in [1.807, 2.05) is 13.1 Å². The molecule has 0 radical (unpaired) electrons. The van der Waals surface area contributed by atoms with Crippen LogP contribution in [0.15, 0.2) is 6.07 Å². The molecule has 0 spiro atoms. The van der Waals surface area contributed by atoms with Gasteiger partial charge in [-0.3, -0.25) is 0 Å². The standard InChI is InChI=1S/C9H11B2FO4Si/c1-17(2)9-7(11(14)16-17)3-6-5(8(9)12)4-15-10(6)13/h3,13-14H,4H2,1-2H3. The molecule has 0 unspecified atom stereocenters. The molecule has 1 aromatic carbocycles. The molecule has 0 fully saturated rings. The summed E-state index contributed by atoms with van der Waals surface area (Å²) in [5.41, 5.74) is 1.22. The third-order valence-corrected chi connectivity index (χ3v) is 5.88. The van der Waals surface area contributed by atoms with Gasteiger partial charge in [0.05, 0.1) is 6.61 Å². The van der Waals surface area contributed by atoms with Crippen LogP contribution in [0.4, 0.5) is 4.39 Å². The highest BCUT2D eigenvalue weighted by Crippen LogP contribution is 2.19. The van der Waals surface area contributed by atoms with E-state index in [4.69, 9.17) is 9.00 Å². The normalized spacial score (nSPS) is 20.8. The van der Waals surface area contributed by atoms with Crippen LogP contribution in [-0.4, -0.2) is 32.6 Å². The van der Waals surface area contributed by atoms with E-state index in [0.29, 0.717) is 21.7 Å². The van der Waals surface area contributed by atoms with Crippen LogP contribution >= 0.6 is 0 Å². The Morgan fingerprint density at radius 3 is 2.71 bits per heavy atom. The summed E-state index contributed by atoms with van der Waals surface area (Å²) in [4.78, 5) is 0. The van der Waals surface area contributed by atoms with Gasteiger partial charge in [0.25, 0.3) is 0 Å². The van der Waals surface area contributed by atoms with E-state index in [9.17, 15) is 14.4 Å². The molecule has 1 aromatic rings. The molecular formula is C9H11B2FO4Si. The molecule has 2 heterocycles. The fourth-order valence-electron chi connectivity index (χ4n) is 2.56. The number of rotatable bonds is 0. The van der Waals surface area contributed by atoms with Gasteiger partial charge in [0.15, 0.2) is 0 Å². The Balaban J connectivity index is 2.29. The first-order valence-electron chi connectivity index (χ1n) is 5.43. The summed E-state index contributed by atoms with van der Waals surface area (Å²) in [5.74, 6) is -0.387. The van der Waals surface area contributed by atoms with Crippen molar-refractivity contribution >= 4 is 38.7 Å².